The van der Waals surface area contributed by atoms with Crippen molar-refractivity contribution in [1.29, 1.82) is 0 Å². The van der Waals surface area contributed by atoms with Crippen molar-refractivity contribution in [2.24, 2.45) is 0 Å². The summed E-state index contributed by atoms with van der Waals surface area (Å²) in [5, 5.41) is 2.66. The molecular weight excluding hydrogens is 366 g/mol. The van der Waals surface area contributed by atoms with E-state index in [4.69, 9.17) is 0 Å². The van der Waals surface area contributed by atoms with Gasteiger partial charge in [0.05, 0.1) is 0 Å². The molecule has 2 aromatic carbocycles. The lowest BCUT2D eigenvalue weighted by molar-refractivity contribution is -0.144. The second kappa shape index (κ2) is 8.00. The molecule has 0 fully saturated rings. The molecule has 2 aromatic rings. The summed E-state index contributed by atoms with van der Waals surface area (Å²) in [5.74, 6) is -0.833. The van der Waals surface area contributed by atoms with Crippen molar-refractivity contribution in [1.82, 2.24) is 0 Å². The van der Waals surface area contributed by atoms with Crippen molar-refractivity contribution in [3.8, 4) is 0 Å². The SMILES string of the molecule is CC(=O)OCC(=O)Nc1ccc(Sc2ccc(Br)cc2)cc1. The molecule has 0 atom stereocenters. The molecule has 0 aliphatic heterocycles. The van der Waals surface area contributed by atoms with Gasteiger partial charge in [0, 0.05) is 26.9 Å². The van der Waals surface area contributed by atoms with Crippen molar-refractivity contribution in [2.75, 3.05) is 11.9 Å². The van der Waals surface area contributed by atoms with Crippen LogP contribution in [0, 0.1) is 0 Å². The number of carbonyl (C=O) groups excluding carboxylic acids is 2. The Balaban J connectivity index is 1.91. The van der Waals surface area contributed by atoms with Gasteiger partial charge in [-0.3, -0.25) is 9.59 Å². The highest BCUT2D eigenvalue weighted by Crippen LogP contribution is 2.29. The quantitative estimate of drug-likeness (QED) is 0.794. The number of hydrogen-bond acceptors (Lipinski definition) is 4. The van der Waals surface area contributed by atoms with Crippen molar-refractivity contribution >= 4 is 45.3 Å². The third kappa shape index (κ3) is 5.54. The molecule has 0 radical (unpaired) electrons. The predicted octanol–water partition coefficient (Wildman–Crippen LogP) is 4.10. The fourth-order valence-corrected chi connectivity index (χ4v) is 2.69. The van der Waals surface area contributed by atoms with Crippen molar-refractivity contribution in [2.45, 2.75) is 16.7 Å². The van der Waals surface area contributed by atoms with Crippen LogP contribution >= 0.6 is 27.7 Å². The van der Waals surface area contributed by atoms with Gasteiger partial charge in [0.25, 0.3) is 5.91 Å². The highest BCUT2D eigenvalue weighted by molar-refractivity contribution is 9.10. The molecule has 4 nitrogen and oxygen atoms in total. The summed E-state index contributed by atoms with van der Waals surface area (Å²) in [6, 6.07) is 15.5. The fraction of sp³-hybridized carbons (Fsp3) is 0.125. The van der Waals surface area contributed by atoms with E-state index in [1.54, 1.807) is 11.8 Å². The first-order chi connectivity index (χ1) is 10.5. The number of rotatable bonds is 5. The predicted molar refractivity (Wildman–Crippen MR) is 90.0 cm³/mol. The normalized spacial score (nSPS) is 10.1. The van der Waals surface area contributed by atoms with E-state index in [-0.39, 0.29) is 12.5 Å². The van der Waals surface area contributed by atoms with Gasteiger partial charge in [-0.05, 0) is 48.5 Å². The molecule has 0 aliphatic carbocycles. The Hall–Kier alpha value is -1.79. The van der Waals surface area contributed by atoms with E-state index >= 15 is 0 Å². The molecule has 22 heavy (non-hydrogen) atoms. The molecule has 0 saturated carbocycles. The molecular formula is C16H14BrNO3S. The Labute approximate surface area is 141 Å². The summed E-state index contributed by atoms with van der Waals surface area (Å²) in [4.78, 5) is 24.4. The summed E-state index contributed by atoms with van der Waals surface area (Å²) in [6.45, 7) is 0.992. The average Bonchev–Trinajstić information content (AvgIpc) is 2.49. The Morgan fingerprint density at radius 1 is 1.05 bits per heavy atom. The molecule has 0 aromatic heterocycles. The van der Waals surface area contributed by atoms with Crippen LogP contribution in [-0.4, -0.2) is 18.5 Å². The lowest BCUT2D eigenvalue weighted by atomic mass is 10.3. The molecule has 0 heterocycles. The van der Waals surface area contributed by atoms with Gasteiger partial charge >= 0.3 is 5.97 Å². The topological polar surface area (TPSA) is 55.4 Å². The summed E-state index contributed by atoms with van der Waals surface area (Å²) in [6.07, 6.45) is 0. The van der Waals surface area contributed by atoms with E-state index in [9.17, 15) is 9.59 Å². The number of esters is 1. The van der Waals surface area contributed by atoms with Crippen molar-refractivity contribution < 1.29 is 14.3 Å². The van der Waals surface area contributed by atoms with Crippen LogP contribution in [-0.2, 0) is 14.3 Å². The van der Waals surface area contributed by atoms with E-state index < -0.39 is 5.97 Å². The van der Waals surface area contributed by atoms with E-state index in [0.29, 0.717) is 5.69 Å². The van der Waals surface area contributed by atoms with Crippen LogP contribution in [0.4, 0.5) is 5.69 Å². The largest absolute Gasteiger partial charge is 0.456 e. The van der Waals surface area contributed by atoms with Crippen LogP contribution < -0.4 is 5.32 Å². The van der Waals surface area contributed by atoms with Crippen LogP contribution in [0.1, 0.15) is 6.92 Å². The lowest BCUT2D eigenvalue weighted by Crippen LogP contribution is -2.19. The van der Waals surface area contributed by atoms with Gasteiger partial charge in [-0.15, -0.1) is 0 Å². The molecule has 0 saturated heterocycles. The molecule has 2 rings (SSSR count). The van der Waals surface area contributed by atoms with Crippen LogP contribution in [0.15, 0.2) is 62.8 Å². The van der Waals surface area contributed by atoms with E-state index in [0.717, 1.165) is 14.3 Å². The number of nitrogens with one attached hydrogen (secondary N) is 1. The van der Waals surface area contributed by atoms with Crippen molar-refractivity contribution in [3.05, 3.63) is 53.0 Å². The molecule has 0 aliphatic rings. The Kier molecular flexibility index (Phi) is 6.03. The number of amides is 1. The average molecular weight is 380 g/mol. The first-order valence-electron chi connectivity index (χ1n) is 6.49. The van der Waals surface area contributed by atoms with Crippen molar-refractivity contribution in [3.63, 3.8) is 0 Å². The van der Waals surface area contributed by atoms with Crippen LogP contribution in [0.5, 0.6) is 0 Å². The maximum atomic E-state index is 11.5. The summed E-state index contributed by atoms with van der Waals surface area (Å²) in [5.41, 5.74) is 0.664. The minimum absolute atomic E-state index is 0.273. The van der Waals surface area contributed by atoms with Crippen LogP contribution in [0.2, 0.25) is 0 Å². The molecule has 0 bridgehead atoms. The zero-order chi connectivity index (χ0) is 15.9. The zero-order valence-electron chi connectivity index (χ0n) is 11.8. The second-order valence-electron chi connectivity index (χ2n) is 4.41. The van der Waals surface area contributed by atoms with Gasteiger partial charge in [-0.25, -0.2) is 0 Å². The van der Waals surface area contributed by atoms with Gasteiger partial charge in [0.1, 0.15) is 0 Å². The Morgan fingerprint density at radius 2 is 1.59 bits per heavy atom. The Morgan fingerprint density at radius 3 is 2.14 bits per heavy atom. The molecule has 1 amide bonds. The number of hydrogen-bond donors (Lipinski definition) is 1. The maximum absolute atomic E-state index is 11.5. The maximum Gasteiger partial charge on any atom is 0.303 e. The number of ether oxygens (including phenoxy) is 1. The molecule has 0 spiro atoms. The van der Waals surface area contributed by atoms with Gasteiger partial charge in [-0.1, -0.05) is 27.7 Å². The highest BCUT2D eigenvalue weighted by atomic mass is 79.9. The van der Waals surface area contributed by atoms with Gasteiger partial charge in [0.2, 0.25) is 0 Å². The van der Waals surface area contributed by atoms with Crippen LogP contribution in [0.25, 0.3) is 0 Å². The highest BCUT2D eigenvalue weighted by Gasteiger charge is 2.05. The number of anilines is 1. The monoisotopic (exact) mass is 379 g/mol. The lowest BCUT2D eigenvalue weighted by Gasteiger charge is -2.07. The van der Waals surface area contributed by atoms with E-state index in [1.807, 2.05) is 48.5 Å². The van der Waals surface area contributed by atoms with Gasteiger partial charge < -0.3 is 10.1 Å². The smallest absolute Gasteiger partial charge is 0.303 e. The summed E-state index contributed by atoms with van der Waals surface area (Å²) >= 11 is 5.04. The number of halogens is 1. The fourth-order valence-electron chi connectivity index (χ4n) is 1.61. The molecule has 1 N–H and O–H groups in total. The molecule has 114 valence electrons. The summed E-state index contributed by atoms with van der Waals surface area (Å²) < 4.78 is 5.67. The number of benzene rings is 2. The minimum atomic E-state index is -0.476. The standard InChI is InChI=1S/C16H14BrNO3S/c1-11(19)21-10-16(20)18-13-4-8-15(9-5-13)22-14-6-2-12(17)3-7-14/h2-9H,10H2,1H3,(H,18,20). The second-order valence-corrected chi connectivity index (χ2v) is 6.47. The molecule has 0 unspecified atom stereocenters. The first-order valence-corrected chi connectivity index (χ1v) is 8.10. The molecule has 6 heteroatoms. The zero-order valence-corrected chi connectivity index (χ0v) is 14.2. The van der Waals surface area contributed by atoms with E-state index in [2.05, 4.69) is 26.0 Å². The van der Waals surface area contributed by atoms with E-state index in [1.165, 1.54) is 6.92 Å². The third-order valence-electron chi connectivity index (χ3n) is 2.59. The Bertz CT molecular complexity index is 656. The minimum Gasteiger partial charge on any atom is -0.456 e. The van der Waals surface area contributed by atoms with Gasteiger partial charge in [0.15, 0.2) is 6.61 Å². The van der Waals surface area contributed by atoms with Crippen LogP contribution in [0.3, 0.4) is 0 Å². The van der Waals surface area contributed by atoms with Gasteiger partial charge in [-0.2, -0.15) is 0 Å². The summed E-state index contributed by atoms with van der Waals surface area (Å²) in [7, 11) is 0. The third-order valence-corrected chi connectivity index (χ3v) is 4.14. The first kappa shape index (κ1) is 16.6. The number of carbonyl (C=O) groups is 2.